The number of alkyl halides is 3. The Hall–Kier alpha value is -0.990. The first-order chi connectivity index (χ1) is 9.54. The van der Waals surface area contributed by atoms with Crippen LogP contribution in [0.3, 0.4) is 0 Å². The third-order valence-corrected chi connectivity index (χ3v) is 5.00. The zero-order chi connectivity index (χ0) is 14.2. The van der Waals surface area contributed by atoms with Crippen LogP contribution in [-0.2, 0) is 12.6 Å². The maximum atomic E-state index is 12.7. The molecule has 2 atom stereocenters. The van der Waals surface area contributed by atoms with Crippen molar-refractivity contribution in [2.45, 2.75) is 51.1 Å². The lowest BCUT2D eigenvalue weighted by atomic mass is 9.86. The van der Waals surface area contributed by atoms with Crippen molar-refractivity contribution >= 4 is 0 Å². The number of halogens is 3. The third kappa shape index (κ3) is 3.18. The van der Waals surface area contributed by atoms with Crippen molar-refractivity contribution in [1.29, 1.82) is 0 Å². The van der Waals surface area contributed by atoms with E-state index < -0.39 is 11.7 Å². The molecule has 0 N–H and O–H groups in total. The molecule has 110 valence electrons. The first kappa shape index (κ1) is 14.0. The summed E-state index contributed by atoms with van der Waals surface area (Å²) in [4.78, 5) is 0. The summed E-state index contributed by atoms with van der Waals surface area (Å²) in [6.07, 6.45) is 4.32. The predicted molar refractivity (Wildman–Crippen MR) is 73.3 cm³/mol. The molecular formula is C17H21F3. The van der Waals surface area contributed by atoms with Crippen molar-refractivity contribution in [3.05, 3.63) is 35.4 Å². The largest absolute Gasteiger partial charge is 0.416 e. The fourth-order valence-electron chi connectivity index (χ4n) is 3.82. The van der Waals surface area contributed by atoms with Gasteiger partial charge in [0.15, 0.2) is 0 Å². The van der Waals surface area contributed by atoms with Crippen LogP contribution in [0.4, 0.5) is 13.2 Å². The summed E-state index contributed by atoms with van der Waals surface area (Å²) >= 11 is 0. The van der Waals surface area contributed by atoms with Crippen molar-refractivity contribution in [1.82, 2.24) is 0 Å². The summed E-state index contributed by atoms with van der Waals surface area (Å²) in [5.74, 6) is 2.54. The molecule has 0 amide bonds. The highest BCUT2D eigenvalue weighted by Crippen LogP contribution is 2.49. The highest BCUT2D eigenvalue weighted by molar-refractivity contribution is 5.25. The average Bonchev–Trinajstić information content (AvgIpc) is 3.15. The molecule has 0 aromatic heterocycles. The van der Waals surface area contributed by atoms with Gasteiger partial charge in [-0.1, -0.05) is 31.0 Å². The summed E-state index contributed by atoms with van der Waals surface area (Å²) in [5, 5.41) is 0. The topological polar surface area (TPSA) is 0 Å². The minimum atomic E-state index is -4.22. The molecule has 2 aliphatic carbocycles. The van der Waals surface area contributed by atoms with E-state index in [1.165, 1.54) is 44.2 Å². The lowest BCUT2D eigenvalue weighted by molar-refractivity contribution is -0.137. The van der Waals surface area contributed by atoms with Crippen molar-refractivity contribution in [2.75, 3.05) is 0 Å². The van der Waals surface area contributed by atoms with Gasteiger partial charge in [0.25, 0.3) is 0 Å². The Morgan fingerprint density at radius 2 is 1.85 bits per heavy atom. The Labute approximate surface area is 118 Å². The summed E-state index contributed by atoms with van der Waals surface area (Å²) in [6.45, 7) is 0. The highest BCUT2D eigenvalue weighted by atomic mass is 19.4. The molecule has 0 aliphatic heterocycles. The molecule has 2 aliphatic rings. The lowest BCUT2D eigenvalue weighted by Crippen LogP contribution is -2.11. The molecule has 20 heavy (non-hydrogen) atoms. The molecule has 1 aromatic rings. The van der Waals surface area contributed by atoms with Crippen LogP contribution in [0.2, 0.25) is 0 Å². The predicted octanol–water partition coefficient (Wildman–Crippen LogP) is 5.46. The van der Waals surface area contributed by atoms with Crippen LogP contribution < -0.4 is 0 Å². The minimum Gasteiger partial charge on any atom is -0.166 e. The maximum absolute atomic E-state index is 12.7. The van der Waals surface area contributed by atoms with Crippen LogP contribution in [0.25, 0.3) is 0 Å². The fraction of sp³-hybridized carbons (Fsp3) is 0.647. The summed E-state index contributed by atoms with van der Waals surface area (Å²) in [5.41, 5.74) is 0.321. The standard InChI is InChI=1S/C17H21F3/c18-17(19,20)15-5-1-3-12(11-15)7-8-13-4-2-6-16(13)14-9-10-14/h1,3,5,11,13-14,16H,2,4,6-10H2. The summed E-state index contributed by atoms with van der Waals surface area (Å²) in [7, 11) is 0. The van der Waals surface area contributed by atoms with Gasteiger partial charge in [-0.05, 0) is 61.5 Å². The van der Waals surface area contributed by atoms with Crippen molar-refractivity contribution in [3.63, 3.8) is 0 Å². The van der Waals surface area contributed by atoms with E-state index in [1.807, 2.05) is 6.07 Å². The Morgan fingerprint density at radius 3 is 2.55 bits per heavy atom. The van der Waals surface area contributed by atoms with Gasteiger partial charge in [-0.3, -0.25) is 0 Å². The second kappa shape index (κ2) is 5.42. The second-order valence-electron chi connectivity index (χ2n) is 6.43. The van der Waals surface area contributed by atoms with Crippen molar-refractivity contribution < 1.29 is 13.2 Å². The van der Waals surface area contributed by atoms with Crippen LogP contribution in [0.15, 0.2) is 24.3 Å². The van der Waals surface area contributed by atoms with E-state index in [2.05, 4.69) is 0 Å². The molecule has 0 saturated heterocycles. The van der Waals surface area contributed by atoms with Crippen molar-refractivity contribution in [3.8, 4) is 0 Å². The minimum absolute atomic E-state index is 0.514. The van der Waals surface area contributed by atoms with E-state index in [4.69, 9.17) is 0 Å². The maximum Gasteiger partial charge on any atom is 0.416 e. The number of rotatable bonds is 4. The SMILES string of the molecule is FC(F)(F)c1cccc(CCC2CCCC2C2CC2)c1. The first-order valence-corrected chi connectivity index (χ1v) is 7.70. The van der Waals surface area contributed by atoms with E-state index in [0.717, 1.165) is 42.2 Å². The monoisotopic (exact) mass is 282 g/mol. The van der Waals surface area contributed by atoms with Gasteiger partial charge < -0.3 is 0 Å². The Balaban J connectivity index is 1.60. The molecule has 3 rings (SSSR count). The number of hydrogen-bond donors (Lipinski definition) is 0. The zero-order valence-corrected chi connectivity index (χ0v) is 11.6. The number of aryl methyl sites for hydroxylation is 1. The van der Waals surface area contributed by atoms with Gasteiger partial charge >= 0.3 is 6.18 Å². The summed E-state index contributed by atoms with van der Waals surface area (Å²) < 4.78 is 38.1. The molecule has 3 heteroatoms. The zero-order valence-electron chi connectivity index (χ0n) is 11.6. The van der Waals surface area contributed by atoms with Gasteiger partial charge in [-0.2, -0.15) is 13.2 Å². The van der Waals surface area contributed by atoms with E-state index in [-0.39, 0.29) is 0 Å². The third-order valence-electron chi connectivity index (χ3n) is 5.00. The molecular weight excluding hydrogens is 261 g/mol. The Morgan fingerprint density at radius 1 is 1.05 bits per heavy atom. The lowest BCUT2D eigenvalue weighted by Gasteiger charge is -2.19. The molecule has 0 bridgehead atoms. The van der Waals surface area contributed by atoms with E-state index >= 15 is 0 Å². The van der Waals surface area contributed by atoms with Crippen LogP contribution >= 0.6 is 0 Å². The fourth-order valence-corrected chi connectivity index (χ4v) is 3.82. The first-order valence-electron chi connectivity index (χ1n) is 7.70. The molecule has 2 saturated carbocycles. The molecule has 0 heterocycles. The molecule has 0 nitrogen and oxygen atoms in total. The Bertz CT molecular complexity index is 460. The molecule has 0 spiro atoms. The van der Waals surface area contributed by atoms with Crippen LogP contribution in [-0.4, -0.2) is 0 Å². The summed E-state index contributed by atoms with van der Waals surface area (Å²) in [6, 6.07) is 5.84. The number of hydrogen-bond acceptors (Lipinski definition) is 0. The second-order valence-corrected chi connectivity index (χ2v) is 6.43. The van der Waals surface area contributed by atoms with Gasteiger partial charge in [0.05, 0.1) is 5.56 Å². The van der Waals surface area contributed by atoms with E-state index in [0.29, 0.717) is 0 Å². The quantitative estimate of drug-likeness (QED) is 0.687. The van der Waals surface area contributed by atoms with Gasteiger partial charge in [0.1, 0.15) is 0 Å². The molecule has 2 unspecified atom stereocenters. The van der Waals surface area contributed by atoms with Gasteiger partial charge in [0, 0.05) is 0 Å². The average molecular weight is 282 g/mol. The van der Waals surface area contributed by atoms with Crippen molar-refractivity contribution in [2.24, 2.45) is 17.8 Å². The number of benzene rings is 1. The van der Waals surface area contributed by atoms with Crippen LogP contribution in [0, 0.1) is 17.8 Å². The van der Waals surface area contributed by atoms with Crippen LogP contribution in [0.1, 0.15) is 49.7 Å². The van der Waals surface area contributed by atoms with E-state index in [1.54, 1.807) is 0 Å². The highest BCUT2D eigenvalue weighted by Gasteiger charge is 2.38. The van der Waals surface area contributed by atoms with Gasteiger partial charge in [0.2, 0.25) is 0 Å². The van der Waals surface area contributed by atoms with E-state index in [9.17, 15) is 13.2 Å². The molecule has 1 aromatic carbocycles. The van der Waals surface area contributed by atoms with Gasteiger partial charge in [-0.15, -0.1) is 0 Å². The Kier molecular flexibility index (Phi) is 3.78. The smallest absolute Gasteiger partial charge is 0.166 e. The van der Waals surface area contributed by atoms with Crippen LogP contribution in [0.5, 0.6) is 0 Å². The molecule has 0 radical (unpaired) electrons. The van der Waals surface area contributed by atoms with Gasteiger partial charge in [-0.25, -0.2) is 0 Å². The normalized spacial score (nSPS) is 26.9. The molecule has 2 fully saturated rings.